The third-order valence-electron chi connectivity index (χ3n) is 4.47. The number of β-lactam (4-membered cyclic amide) rings is 1. The minimum atomic E-state index is -1.55. The van der Waals surface area contributed by atoms with Crippen LogP contribution in [0.2, 0.25) is 0 Å². The van der Waals surface area contributed by atoms with Crippen LogP contribution in [-0.2, 0) is 28.8 Å². The Balaban J connectivity index is 1.78. The van der Waals surface area contributed by atoms with Gasteiger partial charge in [0.15, 0.2) is 5.13 Å². The Labute approximate surface area is 202 Å². The molecule has 0 aromatic carbocycles. The number of rotatable bonds is 7. The number of esters is 1. The summed E-state index contributed by atoms with van der Waals surface area (Å²) in [6.07, 6.45) is 1.26. The number of aromatic nitrogens is 2. The zero-order chi connectivity index (χ0) is 25.4. The van der Waals surface area contributed by atoms with Crippen LogP contribution in [0.25, 0.3) is 0 Å². The van der Waals surface area contributed by atoms with Crippen molar-refractivity contribution >= 4 is 57.9 Å². The van der Waals surface area contributed by atoms with Crippen molar-refractivity contribution in [3.8, 4) is 0 Å². The fraction of sp³-hybridized carbons (Fsp3) is 0.526. The van der Waals surface area contributed by atoms with E-state index in [4.69, 9.17) is 20.4 Å². The molecule has 0 saturated carbocycles. The Bertz CT molecular complexity index is 1090. The summed E-state index contributed by atoms with van der Waals surface area (Å²) in [6.45, 7) is 7.92. The van der Waals surface area contributed by atoms with Gasteiger partial charge in [-0.2, -0.15) is 9.36 Å². The number of carboxylic acid groups (broad SMARTS) is 1. The van der Waals surface area contributed by atoms with Gasteiger partial charge in [-0.1, -0.05) is 5.16 Å². The lowest BCUT2D eigenvalue weighted by atomic mass is 10.1. The van der Waals surface area contributed by atoms with Crippen LogP contribution in [0.1, 0.15) is 40.4 Å². The summed E-state index contributed by atoms with van der Waals surface area (Å²) in [7, 11) is 0. The summed E-state index contributed by atoms with van der Waals surface area (Å²) < 4.78 is 9.28. The van der Waals surface area contributed by atoms with E-state index in [1.807, 2.05) is 0 Å². The number of hydrogen-bond donors (Lipinski definition) is 3. The molecule has 0 spiro atoms. The maximum Gasteiger partial charge on any atom is 0.353 e. The normalized spacial score (nSPS) is 20.6. The first-order chi connectivity index (χ1) is 15.7. The Hall–Kier alpha value is -3.20. The van der Waals surface area contributed by atoms with Gasteiger partial charge in [-0.3, -0.25) is 9.59 Å². The quantitative estimate of drug-likeness (QED) is 0.198. The Morgan fingerprint density at radius 2 is 1.97 bits per heavy atom. The van der Waals surface area contributed by atoms with Gasteiger partial charge in [-0.15, -0.1) is 11.8 Å². The summed E-state index contributed by atoms with van der Waals surface area (Å²) in [6, 6.07) is -0.927. The maximum atomic E-state index is 13.0. The van der Waals surface area contributed by atoms with E-state index in [1.165, 1.54) is 36.7 Å². The largest absolute Gasteiger partial charge is 0.478 e. The fourth-order valence-corrected chi connectivity index (χ4v) is 4.44. The second kappa shape index (κ2) is 9.21. The van der Waals surface area contributed by atoms with Crippen molar-refractivity contribution in [2.45, 2.75) is 57.2 Å². The number of nitrogen functional groups attached to an aromatic ring is 1. The molecular formula is C19H24N6O7S2. The number of oxime groups is 1. The van der Waals surface area contributed by atoms with Crippen molar-refractivity contribution in [2.75, 3.05) is 11.5 Å². The third-order valence-corrected chi connectivity index (χ3v) is 6.33. The smallest absolute Gasteiger partial charge is 0.353 e. The molecule has 13 nitrogen and oxygen atoms in total. The van der Waals surface area contributed by atoms with Gasteiger partial charge in [0.05, 0.1) is 5.57 Å². The summed E-state index contributed by atoms with van der Waals surface area (Å²) in [4.78, 5) is 59.6. The van der Waals surface area contributed by atoms with E-state index < -0.39 is 52.1 Å². The number of nitrogens with one attached hydrogen (secondary N) is 1. The Kier molecular flexibility index (Phi) is 6.89. The highest BCUT2D eigenvalue weighted by Crippen LogP contribution is 2.36. The number of nitrogens with zero attached hydrogens (tertiary/aromatic N) is 4. The summed E-state index contributed by atoms with van der Waals surface area (Å²) in [5.41, 5.74) is 3.00. The SMILES string of the molecule is CC(C)(C)OC(=O)C(C)(C)ON=C(C(=O)NC1C(=O)N2C=C(C(=O)O)CS[C@H]12)c1nsc(N)n1. The average Bonchev–Trinajstić information content (AvgIpc) is 3.15. The highest BCUT2D eigenvalue weighted by Gasteiger charge is 2.50. The molecule has 4 N–H and O–H groups in total. The van der Waals surface area contributed by atoms with Gasteiger partial charge in [0.2, 0.25) is 17.1 Å². The molecule has 1 aromatic heterocycles. The highest BCUT2D eigenvalue weighted by molar-refractivity contribution is 8.00. The molecule has 0 radical (unpaired) electrons. The predicted molar refractivity (Wildman–Crippen MR) is 123 cm³/mol. The van der Waals surface area contributed by atoms with Crippen LogP contribution in [-0.4, -0.2) is 77.2 Å². The number of carboxylic acids is 1. The monoisotopic (exact) mass is 512 g/mol. The van der Waals surface area contributed by atoms with Crippen LogP contribution >= 0.6 is 23.3 Å². The molecule has 0 aliphatic carbocycles. The molecule has 2 aliphatic rings. The zero-order valence-electron chi connectivity index (χ0n) is 19.0. The van der Waals surface area contributed by atoms with Gasteiger partial charge in [0.25, 0.3) is 11.8 Å². The standard InChI is InChI=1S/C19H24N6O7S2/c1-18(2,3)31-16(30)19(4,5)32-23-9(11-22-17(20)34-24-11)12(26)21-10-13(27)25-6-8(15(28)29)7-33-14(10)25/h6,10,14H,7H2,1-5H3,(H,21,26)(H,28,29)(H2,20,22,24)/t10?,14-/m1/s1. The lowest BCUT2D eigenvalue weighted by molar-refractivity contribution is -0.179. The minimum Gasteiger partial charge on any atom is -0.478 e. The summed E-state index contributed by atoms with van der Waals surface area (Å²) in [5, 5.41) is 15.1. The number of anilines is 1. The molecule has 184 valence electrons. The number of ether oxygens (including phenoxy) is 1. The van der Waals surface area contributed by atoms with Crippen LogP contribution in [0.3, 0.4) is 0 Å². The van der Waals surface area contributed by atoms with Crippen molar-refractivity contribution in [1.29, 1.82) is 0 Å². The molecule has 2 atom stereocenters. The molecule has 2 aliphatic heterocycles. The molecule has 2 amide bonds. The predicted octanol–water partition coefficient (Wildman–Crippen LogP) is 0.330. The number of hydrogen-bond acceptors (Lipinski definition) is 12. The maximum absolute atomic E-state index is 13.0. The van der Waals surface area contributed by atoms with E-state index in [0.29, 0.717) is 0 Å². The van der Waals surface area contributed by atoms with E-state index in [1.54, 1.807) is 20.8 Å². The molecule has 3 rings (SSSR count). The van der Waals surface area contributed by atoms with Crippen molar-refractivity contribution in [2.24, 2.45) is 5.16 Å². The van der Waals surface area contributed by atoms with Gasteiger partial charge < -0.3 is 30.6 Å². The van der Waals surface area contributed by atoms with Crippen molar-refractivity contribution in [1.82, 2.24) is 19.6 Å². The van der Waals surface area contributed by atoms with Gasteiger partial charge in [0, 0.05) is 23.5 Å². The lowest BCUT2D eigenvalue weighted by Gasteiger charge is -2.46. The van der Waals surface area contributed by atoms with Gasteiger partial charge in [-0.05, 0) is 34.6 Å². The first-order valence-corrected chi connectivity index (χ1v) is 11.8. The molecule has 15 heteroatoms. The molecule has 1 fully saturated rings. The molecular weight excluding hydrogens is 488 g/mol. The zero-order valence-corrected chi connectivity index (χ0v) is 20.7. The molecule has 34 heavy (non-hydrogen) atoms. The van der Waals surface area contributed by atoms with Crippen LogP contribution in [0.5, 0.6) is 0 Å². The molecule has 3 heterocycles. The van der Waals surface area contributed by atoms with Gasteiger partial charge in [-0.25, -0.2) is 9.59 Å². The van der Waals surface area contributed by atoms with E-state index in [9.17, 15) is 19.2 Å². The van der Waals surface area contributed by atoms with Crippen LogP contribution in [0, 0.1) is 0 Å². The van der Waals surface area contributed by atoms with Gasteiger partial charge >= 0.3 is 11.9 Å². The van der Waals surface area contributed by atoms with Crippen molar-refractivity contribution in [3.05, 3.63) is 17.6 Å². The number of nitrogens with two attached hydrogens (primary N) is 1. The Morgan fingerprint density at radius 3 is 2.53 bits per heavy atom. The van der Waals surface area contributed by atoms with Crippen LogP contribution in [0.4, 0.5) is 5.13 Å². The topological polar surface area (TPSA) is 186 Å². The lowest BCUT2D eigenvalue weighted by Crippen LogP contribution is -2.69. The number of carbonyl (C=O) groups excluding carboxylic acids is 3. The van der Waals surface area contributed by atoms with E-state index in [2.05, 4.69) is 19.8 Å². The number of fused-ring (bicyclic) bond motifs is 1. The van der Waals surface area contributed by atoms with Crippen LogP contribution < -0.4 is 11.1 Å². The number of thioether (sulfide) groups is 1. The van der Waals surface area contributed by atoms with Crippen LogP contribution in [0.15, 0.2) is 16.9 Å². The van der Waals surface area contributed by atoms with E-state index >= 15 is 0 Å². The van der Waals surface area contributed by atoms with Gasteiger partial charge in [0.1, 0.15) is 17.0 Å². The first kappa shape index (κ1) is 25.4. The molecule has 1 saturated heterocycles. The second-order valence-corrected chi connectivity index (χ2v) is 10.7. The third kappa shape index (κ3) is 5.47. The minimum absolute atomic E-state index is 0.0713. The summed E-state index contributed by atoms with van der Waals surface area (Å²) in [5.74, 6) is -3.10. The second-order valence-electron chi connectivity index (χ2n) is 8.86. The van der Waals surface area contributed by atoms with E-state index in [-0.39, 0.29) is 22.3 Å². The molecule has 1 aromatic rings. The molecule has 0 bridgehead atoms. The molecule has 1 unspecified atom stereocenters. The average molecular weight is 513 g/mol. The number of carbonyl (C=O) groups is 4. The first-order valence-electron chi connectivity index (χ1n) is 9.97. The van der Waals surface area contributed by atoms with Crippen molar-refractivity contribution in [3.63, 3.8) is 0 Å². The number of aliphatic carboxylic acids is 1. The van der Waals surface area contributed by atoms with E-state index in [0.717, 1.165) is 11.5 Å². The Morgan fingerprint density at radius 1 is 1.29 bits per heavy atom. The summed E-state index contributed by atoms with van der Waals surface area (Å²) >= 11 is 2.03. The number of amides is 2. The highest BCUT2D eigenvalue weighted by atomic mass is 32.2. The fourth-order valence-electron chi connectivity index (χ4n) is 2.75. The van der Waals surface area contributed by atoms with Crippen molar-refractivity contribution < 1.29 is 33.9 Å².